The van der Waals surface area contributed by atoms with Crippen LogP contribution in [0, 0.1) is 0 Å². The predicted molar refractivity (Wildman–Crippen MR) is 182 cm³/mol. The van der Waals surface area contributed by atoms with Gasteiger partial charge < -0.3 is 45.5 Å². The molecule has 362 valence electrons. The molecule has 0 heterocycles. The van der Waals surface area contributed by atoms with Crippen LogP contribution in [0.1, 0.15) is 96.8 Å². The van der Waals surface area contributed by atoms with Crippen molar-refractivity contribution in [1.29, 1.82) is 0 Å². The van der Waals surface area contributed by atoms with Crippen molar-refractivity contribution >= 4 is 101 Å². The maximum Gasteiger partial charge on any atom is 1.00 e. The Kier molecular flexibility index (Phi) is 50.4. The van der Waals surface area contributed by atoms with E-state index in [0.29, 0.717) is 19.3 Å². The molecule has 50 heteroatoms. The first kappa shape index (κ1) is 100. The molecule has 0 rings (SSSR count). The summed E-state index contributed by atoms with van der Waals surface area (Å²) in [4.78, 5) is 0. The fourth-order valence-corrected chi connectivity index (χ4v) is 31.3. The van der Waals surface area contributed by atoms with Crippen LogP contribution in [-0.4, -0.2) is 151 Å². The molecule has 0 amide bonds. The third-order valence-corrected chi connectivity index (χ3v) is 30.4. The van der Waals surface area contributed by atoms with Gasteiger partial charge in [0.2, 0.25) is 8.16 Å². The van der Waals surface area contributed by atoms with Crippen LogP contribution in [0.4, 0.5) is 0 Å². The van der Waals surface area contributed by atoms with E-state index < -0.39 is 141 Å². The Morgan fingerprint density at radius 1 is 0.286 bits per heavy atom. The summed E-state index contributed by atoms with van der Waals surface area (Å²) in [5.41, 5.74) is 0. The van der Waals surface area contributed by atoms with Gasteiger partial charge in [-0.15, -0.1) is 0 Å². The van der Waals surface area contributed by atoms with E-state index in [4.69, 9.17) is 0 Å². The minimum absolute atomic E-state index is 0. The number of rotatable bonds is 28. The molecule has 1 unspecified atom stereocenters. The summed E-state index contributed by atoms with van der Waals surface area (Å²) in [6.45, 7) is 1.97. The Bertz CT molecular complexity index is 2580. The molecule has 0 saturated carbocycles. The first-order valence-electron chi connectivity index (χ1n) is 15.7. The molecule has 0 aliphatic carbocycles. The average Bonchev–Trinajstić information content (AvgIpc) is 2.93. The Hall–Kier alpha value is 5.07. The molecule has 0 aliphatic heterocycles. The van der Waals surface area contributed by atoms with Crippen LogP contribution in [0.15, 0.2) is 0 Å². The molecule has 1 atom stereocenters. The van der Waals surface area contributed by atoms with Crippen molar-refractivity contribution in [1.82, 2.24) is 0 Å². The molecule has 0 aromatic carbocycles. The largest absolute Gasteiger partial charge is 1.00 e. The van der Waals surface area contributed by atoms with E-state index in [1.165, 1.54) is 0 Å². The van der Waals surface area contributed by atoms with E-state index in [-0.39, 0.29) is 208 Å². The molecular formula is C20H32Li10O30S10. The second-order valence-electron chi connectivity index (χ2n) is 12.6. The van der Waals surface area contributed by atoms with Crippen LogP contribution in [-0.2, 0) is 101 Å². The monoisotopic (exact) mass is 1140 g/mol. The van der Waals surface area contributed by atoms with Crippen LogP contribution >= 0.6 is 0 Å². The maximum atomic E-state index is 13.1. The maximum absolute atomic E-state index is 13.1. The van der Waals surface area contributed by atoms with Crippen molar-refractivity contribution in [2.24, 2.45) is 0 Å². The van der Waals surface area contributed by atoms with E-state index in [9.17, 15) is 130 Å². The smallest absolute Gasteiger partial charge is 0.748 e. The third-order valence-electron chi connectivity index (χ3n) is 8.78. The molecule has 0 aliphatic rings. The molecule has 70 heavy (non-hydrogen) atoms. The van der Waals surface area contributed by atoms with Gasteiger partial charge in [0.1, 0.15) is 101 Å². The SMILES string of the molecule is CCCCCCCCCCCCCCCC(C(C(C(C(S(=O)(=O)[O-])(S(=O)(=O)[O-])S(=O)(=O)[O-])(S(=O)(=O)[O-])S(=O)(=O)[O-])(S(=O)(=O)[O-])S(=O)(=O)[O-])(S(=O)(=O)[O-])S(=O)(=O)[O-])S(=O)(=O)[O-].[Li+].[Li+].[Li+].[Li+].[Li+].[Li+].[Li+].[Li+].[Li+].[Li+]. The quantitative estimate of drug-likeness (QED) is 0.0399. The Balaban J connectivity index is -0.000000387. The van der Waals surface area contributed by atoms with Gasteiger partial charge in [-0.25, -0.2) is 84.2 Å². The molecule has 0 radical (unpaired) electrons. The van der Waals surface area contributed by atoms with E-state index in [1.807, 2.05) is 6.92 Å². The zero-order valence-corrected chi connectivity index (χ0v) is 48.0. The number of hydrogen-bond donors (Lipinski definition) is 0. The molecule has 0 N–H and O–H groups in total. The van der Waals surface area contributed by atoms with Crippen molar-refractivity contribution < 1.29 is 318 Å². The number of hydrogen-bond acceptors (Lipinski definition) is 30. The van der Waals surface area contributed by atoms with Gasteiger partial charge in [0.25, 0.3) is 3.41 Å². The summed E-state index contributed by atoms with van der Waals surface area (Å²) >= 11 is 0. The van der Waals surface area contributed by atoms with Gasteiger partial charge in [-0.3, -0.25) is 0 Å². The van der Waals surface area contributed by atoms with Crippen LogP contribution in [0.5, 0.6) is 0 Å². The van der Waals surface area contributed by atoms with Gasteiger partial charge >= 0.3 is 189 Å². The normalized spacial score (nSPS) is 13.8. The van der Waals surface area contributed by atoms with Crippen LogP contribution in [0.2, 0.25) is 0 Å². The van der Waals surface area contributed by atoms with Crippen molar-refractivity contribution in [3.63, 3.8) is 0 Å². The van der Waals surface area contributed by atoms with E-state index >= 15 is 0 Å². The zero-order valence-electron chi connectivity index (χ0n) is 39.8. The Morgan fingerprint density at radius 2 is 0.486 bits per heavy atom. The van der Waals surface area contributed by atoms with Gasteiger partial charge in [-0.05, 0) is 6.42 Å². The average molecular weight is 1140 g/mol. The molecular weight excluding hydrogens is 1110 g/mol. The number of unbranched alkanes of at least 4 members (excludes halogenated alkanes) is 12. The Labute approximate surface area is 529 Å². The van der Waals surface area contributed by atoms with Gasteiger partial charge in [0.15, 0.2) is 4.08 Å². The molecule has 0 saturated heterocycles. The van der Waals surface area contributed by atoms with Crippen molar-refractivity contribution in [3.05, 3.63) is 0 Å². The minimum Gasteiger partial charge on any atom is -0.748 e. The molecule has 0 bridgehead atoms. The van der Waals surface area contributed by atoms with Gasteiger partial charge in [-0.1, -0.05) is 90.4 Å². The summed E-state index contributed by atoms with van der Waals surface area (Å²) in [6.07, 6.45) is 0.712. The summed E-state index contributed by atoms with van der Waals surface area (Å²) in [5, 5.41) is -5.77. The fraction of sp³-hybridized carbons (Fsp3) is 1.00. The summed E-state index contributed by atoms with van der Waals surface area (Å²) in [6, 6.07) is 0. The summed E-state index contributed by atoms with van der Waals surface area (Å²) < 4.78 is 348. The predicted octanol–water partition coefficient (Wildman–Crippen LogP) is -34.9. The van der Waals surface area contributed by atoms with E-state index in [1.54, 1.807) is 0 Å². The first-order valence-corrected chi connectivity index (χ1v) is 29.9. The minimum atomic E-state index is -10.1. The van der Waals surface area contributed by atoms with Gasteiger partial charge in [0.05, 0.1) is 5.25 Å². The van der Waals surface area contributed by atoms with Crippen LogP contribution in [0.3, 0.4) is 0 Å². The van der Waals surface area contributed by atoms with E-state index in [2.05, 4.69) is 0 Å². The molecule has 0 fully saturated rings. The van der Waals surface area contributed by atoms with Crippen molar-refractivity contribution in [3.8, 4) is 0 Å². The molecule has 0 spiro atoms. The standard InChI is InChI=1S/C20H42O30S10.10Li/c1-2-3-4-5-6-7-8-9-10-11-12-13-14-15-16(51(21,22)23)17(52(24,25)26,53(27,28)29)18(54(30,31)32,55(33,34)35)19(56(36,37)38,57(39,40)41)20(58(42,43)44,59(45,46)47)60(48,49)50;;;;;;;;;;/h16H,2-15H2,1H3,(H,21,22,23)(H,24,25,26)(H,27,28,29)(H,30,31,32)(H,33,34,35)(H,36,37,38)(H,39,40,41)(H,42,43,44)(H,45,46,47)(H,48,49,50);;;;;;;;;;/q;10*+1/p-10. The topological polar surface area (TPSA) is 572 Å². The van der Waals surface area contributed by atoms with Gasteiger partial charge in [-0.2, -0.15) is 0 Å². The Morgan fingerprint density at radius 3 is 0.643 bits per heavy atom. The van der Waals surface area contributed by atoms with Crippen LogP contribution < -0.4 is 189 Å². The molecule has 0 aromatic heterocycles. The zero-order chi connectivity index (χ0) is 48.5. The third kappa shape index (κ3) is 19.3. The van der Waals surface area contributed by atoms with Crippen molar-refractivity contribution in [2.75, 3.05) is 0 Å². The van der Waals surface area contributed by atoms with E-state index in [0.717, 1.165) is 32.1 Å². The second-order valence-corrected chi connectivity index (χ2v) is 29.4. The second kappa shape index (κ2) is 35.2. The summed E-state index contributed by atoms with van der Waals surface area (Å²) in [7, 11) is -96.2. The fourth-order valence-electron chi connectivity index (χ4n) is 6.72. The molecule has 30 nitrogen and oxygen atoms in total. The first-order chi connectivity index (χ1) is 26.2. The van der Waals surface area contributed by atoms with Crippen molar-refractivity contribution in [2.45, 2.75) is 118 Å². The molecule has 0 aromatic rings. The van der Waals surface area contributed by atoms with Gasteiger partial charge in [0, 0.05) is 0 Å². The summed E-state index contributed by atoms with van der Waals surface area (Å²) in [5.74, 6) is 0. The van der Waals surface area contributed by atoms with Crippen LogP contribution in [0.25, 0.3) is 0 Å².